The van der Waals surface area contributed by atoms with Crippen LogP contribution in [0.2, 0.25) is 5.02 Å². The Balaban J connectivity index is 2.87. The van der Waals surface area contributed by atoms with Crippen LogP contribution >= 0.6 is 11.6 Å². The summed E-state index contributed by atoms with van der Waals surface area (Å²) in [7, 11) is 1.11. The Morgan fingerprint density at radius 1 is 1.31 bits per heavy atom. The molecular weight excluding hydrogens is 232 g/mol. The van der Waals surface area contributed by atoms with Gasteiger partial charge in [-0.05, 0) is 24.3 Å². The van der Waals surface area contributed by atoms with Crippen LogP contribution in [-0.2, 0) is 9.53 Å². The summed E-state index contributed by atoms with van der Waals surface area (Å²) < 4.78 is 4.24. The van der Waals surface area contributed by atoms with Crippen LogP contribution in [0.15, 0.2) is 36.1 Å². The van der Waals surface area contributed by atoms with Gasteiger partial charge in [-0.3, -0.25) is 4.79 Å². The summed E-state index contributed by atoms with van der Waals surface area (Å²) in [6, 6.07) is 6.06. The second kappa shape index (κ2) is 5.32. The first-order valence-electron chi connectivity index (χ1n) is 4.33. The molecule has 1 rings (SSSR count). The van der Waals surface area contributed by atoms with Crippen molar-refractivity contribution in [1.82, 2.24) is 0 Å². The van der Waals surface area contributed by atoms with Crippen LogP contribution in [0.1, 0.15) is 10.4 Å². The molecule has 0 aliphatic heterocycles. The molecule has 4 nitrogen and oxygen atoms in total. The van der Waals surface area contributed by atoms with E-state index in [2.05, 4.69) is 4.74 Å². The maximum absolute atomic E-state index is 11.5. The first-order chi connectivity index (χ1) is 7.54. The number of hydrogen-bond donors (Lipinski definition) is 1. The molecule has 0 atom stereocenters. The number of ketones is 1. The van der Waals surface area contributed by atoms with Gasteiger partial charge in [0.15, 0.2) is 5.78 Å². The van der Waals surface area contributed by atoms with Gasteiger partial charge < -0.3 is 9.84 Å². The fourth-order valence-electron chi connectivity index (χ4n) is 0.985. The number of aliphatic hydroxyl groups excluding tert-OH is 1. The second-order valence-electron chi connectivity index (χ2n) is 2.89. The number of allylic oxidation sites excluding steroid dienone is 1. The summed E-state index contributed by atoms with van der Waals surface area (Å²) in [5.41, 5.74) is 0.319. The summed E-state index contributed by atoms with van der Waals surface area (Å²) in [6.07, 6.45) is 0.801. The van der Waals surface area contributed by atoms with Gasteiger partial charge in [0.2, 0.25) is 5.76 Å². The van der Waals surface area contributed by atoms with E-state index >= 15 is 0 Å². The minimum Gasteiger partial charge on any atom is -0.502 e. The molecule has 0 aliphatic rings. The largest absolute Gasteiger partial charge is 0.502 e. The average Bonchev–Trinajstić information content (AvgIpc) is 2.28. The highest BCUT2D eigenvalue weighted by Gasteiger charge is 2.10. The van der Waals surface area contributed by atoms with Crippen LogP contribution in [0.3, 0.4) is 0 Å². The van der Waals surface area contributed by atoms with Gasteiger partial charge in [-0.2, -0.15) is 0 Å². The lowest BCUT2D eigenvalue weighted by Gasteiger charge is -1.98. The first-order valence-corrected chi connectivity index (χ1v) is 4.71. The smallest absolute Gasteiger partial charge is 0.373 e. The summed E-state index contributed by atoms with van der Waals surface area (Å²) >= 11 is 5.64. The fraction of sp³-hybridized carbons (Fsp3) is 0.0909. The van der Waals surface area contributed by atoms with Crippen LogP contribution in [0.5, 0.6) is 0 Å². The summed E-state index contributed by atoms with van der Waals surface area (Å²) in [4.78, 5) is 22.3. The minimum absolute atomic E-state index is 0.319. The number of halogens is 1. The molecule has 1 aromatic carbocycles. The van der Waals surface area contributed by atoms with Crippen LogP contribution in [0, 0.1) is 0 Å². The number of hydrogen-bond acceptors (Lipinski definition) is 4. The van der Waals surface area contributed by atoms with Crippen molar-refractivity contribution in [3.05, 3.63) is 46.7 Å². The Morgan fingerprint density at radius 3 is 2.38 bits per heavy atom. The molecule has 0 aromatic heterocycles. The van der Waals surface area contributed by atoms with E-state index in [1.165, 1.54) is 24.3 Å². The maximum Gasteiger partial charge on any atom is 0.373 e. The zero-order chi connectivity index (χ0) is 12.1. The van der Waals surface area contributed by atoms with Crippen molar-refractivity contribution in [1.29, 1.82) is 0 Å². The molecule has 0 spiro atoms. The van der Waals surface area contributed by atoms with Crippen molar-refractivity contribution in [3.8, 4) is 0 Å². The minimum atomic E-state index is -0.956. The number of carbonyl (C=O) groups is 2. The number of carbonyl (C=O) groups excluding carboxylic acids is 2. The topological polar surface area (TPSA) is 63.6 Å². The Labute approximate surface area is 97.1 Å². The predicted molar refractivity (Wildman–Crippen MR) is 58.5 cm³/mol. The fourth-order valence-corrected chi connectivity index (χ4v) is 1.11. The molecular formula is C11H9ClO4. The van der Waals surface area contributed by atoms with Crippen LogP contribution in [0.25, 0.3) is 0 Å². The molecule has 1 aromatic rings. The van der Waals surface area contributed by atoms with Crippen LogP contribution in [-0.4, -0.2) is 24.0 Å². The third-order valence-corrected chi connectivity index (χ3v) is 2.04. The lowest BCUT2D eigenvalue weighted by atomic mass is 10.1. The number of esters is 1. The molecule has 0 aliphatic carbocycles. The molecule has 5 heteroatoms. The SMILES string of the molecule is COC(=O)/C(O)=C/C(=O)c1ccc(Cl)cc1. The van der Waals surface area contributed by atoms with E-state index in [0.29, 0.717) is 10.6 Å². The molecule has 84 valence electrons. The van der Waals surface area contributed by atoms with Crippen molar-refractivity contribution in [2.75, 3.05) is 7.11 Å². The lowest BCUT2D eigenvalue weighted by Crippen LogP contribution is -2.06. The van der Waals surface area contributed by atoms with Crippen LogP contribution in [0.4, 0.5) is 0 Å². The van der Waals surface area contributed by atoms with Gasteiger partial charge in [0, 0.05) is 16.7 Å². The zero-order valence-electron chi connectivity index (χ0n) is 8.44. The highest BCUT2D eigenvalue weighted by molar-refractivity contribution is 6.30. The highest BCUT2D eigenvalue weighted by atomic mass is 35.5. The van der Waals surface area contributed by atoms with E-state index in [9.17, 15) is 9.59 Å². The van der Waals surface area contributed by atoms with Gasteiger partial charge in [-0.1, -0.05) is 11.6 Å². The molecule has 0 heterocycles. The molecule has 16 heavy (non-hydrogen) atoms. The van der Waals surface area contributed by atoms with Crippen molar-refractivity contribution in [2.45, 2.75) is 0 Å². The van der Waals surface area contributed by atoms with Crippen LogP contribution < -0.4 is 0 Å². The van der Waals surface area contributed by atoms with E-state index < -0.39 is 17.5 Å². The van der Waals surface area contributed by atoms with E-state index in [0.717, 1.165) is 13.2 Å². The van der Waals surface area contributed by atoms with E-state index in [1.54, 1.807) is 0 Å². The number of ether oxygens (including phenoxy) is 1. The van der Waals surface area contributed by atoms with Gasteiger partial charge in [-0.15, -0.1) is 0 Å². The van der Waals surface area contributed by atoms with Gasteiger partial charge >= 0.3 is 5.97 Å². The molecule has 0 unspecified atom stereocenters. The van der Waals surface area contributed by atoms with Crippen molar-refractivity contribution in [3.63, 3.8) is 0 Å². The summed E-state index contributed by atoms with van der Waals surface area (Å²) in [5, 5.41) is 9.64. The van der Waals surface area contributed by atoms with Crippen molar-refractivity contribution < 1.29 is 19.4 Å². The maximum atomic E-state index is 11.5. The molecule has 0 amide bonds. The standard InChI is InChI=1S/C11H9ClO4/c1-16-11(15)10(14)6-9(13)7-2-4-8(12)5-3-7/h2-6,14H,1H3/b10-6-. The normalized spacial score (nSPS) is 11.0. The number of aliphatic hydroxyl groups is 1. The van der Waals surface area contributed by atoms with E-state index in [-0.39, 0.29) is 0 Å². The number of rotatable bonds is 3. The average molecular weight is 241 g/mol. The first kappa shape index (κ1) is 12.3. The third kappa shape index (κ3) is 3.10. The highest BCUT2D eigenvalue weighted by Crippen LogP contribution is 2.10. The molecule has 0 fully saturated rings. The molecule has 0 bridgehead atoms. The second-order valence-corrected chi connectivity index (χ2v) is 3.33. The van der Waals surface area contributed by atoms with Crippen molar-refractivity contribution >= 4 is 23.4 Å². The predicted octanol–water partition coefficient (Wildman–Crippen LogP) is 2.14. The zero-order valence-corrected chi connectivity index (χ0v) is 9.19. The van der Waals surface area contributed by atoms with E-state index in [1.807, 2.05) is 0 Å². The Kier molecular flexibility index (Phi) is 4.08. The van der Waals surface area contributed by atoms with Crippen molar-refractivity contribution in [2.24, 2.45) is 0 Å². The molecule has 0 saturated heterocycles. The van der Waals surface area contributed by atoms with Gasteiger partial charge in [0.05, 0.1) is 7.11 Å². The Hall–Kier alpha value is -1.81. The summed E-state index contributed by atoms with van der Waals surface area (Å²) in [5.74, 6) is -2.19. The third-order valence-electron chi connectivity index (χ3n) is 1.79. The Bertz CT molecular complexity index is 434. The van der Waals surface area contributed by atoms with Gasteiger partial charge in [0.1, 0.15) is 0 Å². The number of benzene rings is 1. The van der Waals surface area contributed by atoms with Gasteiger partial charge in [0.25, 0.3) is 0 Å². The quantitative estimate of drug-likeness (QED) is 0.381. The van der Waals surface area contributed by atoms with Gasteiger partial charge in [-0.25, -0.2) is 4.79 Å². The molecule has 0 saturated carbocycles. The number of methoxy groups -OCH3 is 1. The molecule has 1 N–H and O–H groups in total. The van der Waals surface area contributed by atoms with E-state index in [4.69, 9.17) is 16.7 Å². The monoisotopic (exact) mass is 240 g/mol. The molecule has 0 radical (unpaired) electrons. The summed E-state index contributed by atoms with van der Waals surface area (Å²) in [6.45, 7) is 0. The lowest BCUT2D eigenvalue weighted by molar-refractivity contribution is -0.139. The Morgan fingerprint density at radius 2 is 1.88 bits per heavy atom.